The average molecular weight is 454 g/mol. The summed E-state index contributed by atoms with van der Waals surface area (Å²) in [6.45, 7) is 6.96. The lowest BCUT2D eigenvalue weighted by atomic mass is 9.89. The minimum atomic E-state index is -2.96. The molecular formula is C20H28F2N6O4. The molecule has 0 saturated carbocycles. The van der Waals surface area contributed by atoms with E-state index in [2.05, 4.69) is 30.2 Å². The second-order valence-electron chi connectivity index (χ2n) is 9.04. The van der Waals surface area contributed by atoms with Gasteiger partial charge in [-0.3, -0.25) is 10.1 Å². The van der Waals surface area contributed by atoms with Gasteiger partial charge >= 0.3 is 12.7 Å². The van der Waals surface area contributed by atoms with Gasteiger partial charge in [0.1, 0.15) is 17.5 Å². The van der Waals surface area contributed by atoms with E-state index in [0.29, 0.717) is 36.9 Å². The van der Waals surface area contributed by atoms with Crippen molar-refractivity contribution < 1.29 is 27.8 Å². The zero-order chi connectivity index (χ0) is 23.5. The Balaban J connectivity index is 1.60. The van der Waals surface area contributed by atoms with Gasteiger partial charge in [-0.25, -0.2) is 4.79 Å². The maximum absolute atomic E-state index is 12.5. The SMILES string of the molecule is CC(C)(C)OC(=O)N1CC[C@@H](Oc2cncc(Nc3cc(OC(F)F)n[nH]3)n2)CC1(C)C. The van der Waals surface area contributed by atoms with Crippen LogP contribution >= 0.6 is 0 Å². The Morgan fingerprint density at radius 1 is 1.31 bits per heavy atom. The van der Waals surface area contributed by atoms with Crippen molar-refractivity contribution in [3.05, 3.63) is 18.5 Å². The molecule has 2 N–H and O–H groups in total. The van der Waals surface area contributed by atoms with Gasteiger partial charge in [0, 0.05) is 31.0 Å². The summed E-state index contributed by atoms with van der Waals surface area (Å²) in [4.78, 5) is 22.7. The first kappa shape index (κ1) is 23.5. The molecular weight excluding hydrogens is 426 g/mol. The predicted octanol–water partition coefficient (Wildman–Crippen LogP) is 4.10. The van der Waals surface area contributed by atoms with Crippen LogP contribution in [0.1, 0.15) is 47.5 Å². The summed E-state index contributed by atoms with van der Waals surface area (Å²) in [7, 11) is 0. The molecule has 1 atom stereocenters. The number of rotatable bonds is 6. The Bertz CT molecular complexity index is 931. The quantitative estimate of drug-likeness (QED) is 0.671. The summed E-state index contributed by atoms with van der Waals surface area (Å²) < 4.78 is 40.3. The van der Waals surface area contributed by atoms with E-state index >= 15 is 0 Å². The molecule has 1 amide bonds. The lowest BCUT2D eigenvalue weighted by molar-refractivity contribution is -0.0529. The molecule has 32 heavy (non-hydrogen) atoms. The highest BCUT2D eigenvalue weighted by molar-refractivity contribution is 5.69. The van der Waals surface area contributed by atoms with Crippen LogP contribution in [0.4, 0.5) is 25.2 Å². The van der Waals surface area contributed by atoms with Gasteiger partial charge < -0.3 is 24.4 Å². The number of hydrogen-bond donors (Lipinski definition) is 2. The number of ether oxygens (including phenoxy) is 3. The fourth-order valence-corrected chi connectivity index (χ4v) is 3.39. The number of piperidine rings is 1. The molecule has 0 bridgehead atoms. The van der Waals surface area contributed by atoms with Crippen LogP contribution in [0.3, 0.4) is 0 Å². The zero-order valence-electron chi connectivity index (χ0n) is 18.7. The van der Waals surface area contributed by atoms with E-state index in [1.165, 1.54) is 18.5 Å². The lowest BCUT2D eigenvalue weighted by Crippen LogP contribution is -2.56. The van der Waals surface area contributed by atoms with Crippen LogP contribution in [-0.4, -0.2) is 61.6 Å². The number of hydrogen-bond acceptors (Lipinski definition) is 8. The Kier molecular flexibility index (Phi) is 6.70. The molecule has 3 heterocycles. The van der Waals surface area contributed by atoms with E-state index in [1.807, 2.05) is 34.6 Å². The standard InChI is InChI=1S/C20H28F2N6O4/c1-19(2,3)32-18(29)28-7-6-12(9-20(28,4)5)30-16-11-23-10-14(25-16)24-13-8-15(27-26-13)31-17(21)22/h8,10-12,17H,6-7,9H2,1-5H3,(H2,24,25,26,27)/t12-/m1/s1. The van der Waals surface area contributed by atoms with Crippen LogP contribution in [0.25, 0.3) is 0 Å². The molecule has 176 valence electrons. The van der Waals surface area contributed by atoms with E-state index in [9.17, 15) is 13.6 Å². The van der Waals surface area contributed by atoms with Crippen molar-refractivity contribution in [2.24, 2.45) is 0 Å². The molecule has 0 unspecified atom stereocenters. The number of anilines is 2. The minimum absolute atomic E-state index is 0.175. The Hall–Kier alpha value is -3.18. The lowest BCUT2D eigenvalue weighted by Gasteiger charge is -2.45. The average Bonchev–Trinajstić information content (AvgIpc) is 3.05. The largest absolute Gasteiger partial charge is 0.473 e. The fraction of sp³-hybridized carbons (Fsp3) is 0.600. The number of carbonyl (C=O) groups is 1. The number of carbonyl (C=O) groups excluding carboxylic acids is 1. The van der Waals surface area contributed by atoms with Crippen molar-refractivity contribution >= 4 is 17.7 Å². The highest BCUT2D eigenvalue weighted by Crippen LogP contribution is 2.31. The number of amides is 1. The van der Waals surface area contributed by atoms with Crippen molar-refractivity contribution in [2.75, 3.05) is 11.9 Å². The van der Waals surface area contributed by atoms with E-state index in [0.717, 1.165) is 0 Å². The Labute approximate surface area is 184 Å². The van der Waals surface area contributed by atoms with E-state index in [1.54, 1.807) is 4.90 Å². The predicted molar refractivity (Wildman–Crippen MR) is 111 cm³/mol. The Morgan fingerprint density at radius 3 is 2.72 bits per heavy atom. The molecule has 2 aromatic rings. The molecule has 1 aliphatic heterocycles. The molecule has 10 nitrogen and oxygen atoms in total. The molecule has 12 heteroatoms. The number of H-pyrrole nitrogens is 1. The second-order valence-corrected chi connectivity index (χ2v) is 9.04. The maximum Gasteiger partial charge on any atom is 0.410 e. The minimum Gasteiger partial charge on any atom is -0.473 e. The van der Waals surface area contributed by atoms with Crippen molar-refractivity contribution in [2.45, 2.75) is 71.3 Å². The summed E-state index contributed by atoms with van der Waals surface area (Å²) in [5.41, 5.74) is -1.03. The van der Waals surface area contributed by atoms with Gasteiger partial charge in [0.25, 0.3) is 0 Å². The third-order valence-electron chi connectivity index (χ3n) is 4.67. The third-order valence-corrected chi connectivity index (χ3v) is 4.67. The van der Waals surface area contributed by atoms with Crippen LogP contribution in [0.5, 0.6) is 11.8 Å². The van der Waals surface area contributed by atoms with Crippen LogP contribution in [0, 0.1) is 0 Å². The van der Waals surface area contributed by atoms with Crippen molar-refractivity contribution in [1.29, 1.82) is 0 Å². The van der Waals surface area contributed by atoms with Gasteiger partial charge in [-0.2, -0.15) is 13.8 Å². The number of halogens is 2. The molecule has 2 aromatic heterocycles. The van der Waals surface area contributed by atoms with Crippen LogP contribution in [0.2, 0.25) is 0 Å². The van der Waals surface area contributed by atoms with E-state index in [-0.39, 0.29) is 18.1 Å². The summed E-state index contributed by atoms with van der Waals surface area (Å²) in [5, 5.41) is 9.01. The number of alkyl halides is 2. The van der Waals surface area contributed by atoms with Gasteiger partial charge in [0.05, 0.1) is 12.4 Å². The first-order valence-electron chi connectivity index (χ1n) is 10.2. The third kappa shape index (κ3) is 6.41. The van der Waals surface area contributed by atoms with E-state index < -0.39 is 17.8 Å². The van der Waals surface area contributed by atoms with Gasteiger partial charge in [-0.05, 0) is 34.6 Å². The van der Waals surface area contributed by atoms with Crippen molar-refractivity contribution in [3.8, 4) is 11.8 Å². The Morgan fingerprint density at radius 2 is 2.06 bits per heavy atom. The zero-order valence-corrected chi connectivity index (χ0v) is 18.7. The molecule has 3 rings (SSSR count). The molecule has 0 aromatic carbocycles. The number of nitrogens with one attached hydrogen (secondary N) is 2. The first-order valence-corrected chi connectivity index (χ1v) is 10.2. The summed E-state index contributed by atoms with van der Waals surface area (Å²) >= 11 is 0. The molecule has 1 aliphatic rings. The molecule has 0 radical (unpaired) electrons. The number of nitrogens with zero attached hydrogens (tertiary/aromatic N) is 4. The summed E-state index contributed by atoms with van der Waals surface area (Å²) in [6, 6.07) is 1.27. The van der Waals surface area contributed by atoms with Crippen molar-refractivity contribution in [1.82, 2.24) is 25.1 Å². The highest BCUT2D eigenvalue weighted by Gasteiger charge is 2.40. The molecule has 0 aliphatic carbocycles. The van der Waals surface area contributed by atoms with E-state index in [4.69, 9.17) is 9.47 Å². The summed E-state index contributed by atoms with van der Waals surface area (Å²) in [6.07, 6.45) is 3.61. The smallest absolute Gasteiger partial charge is 0.410 e. The second kappa shape index (κ2) is 9.13. The molecule has 1 saturated heterocycles. The number of likely N-dealkylation sites (tertiary alicyclic amines) is 1. The first-order chi connectivity index (χ1) is 14.9. The normalized spacial score (nSPS) is 18.4. The van der Waals surface area contributed by atoms with Crippen LogP contribution in [0.15, 0.2) is 18.5 Å². The van der Waals surface area contributed by atoms with Gasteiger partial charge in [0.2, 0.25) is 11.8 Å². The van der Waals surface area contributed by atoms with Crippen molar-refractivity contribution in [3.63, 3.8) is 0 Å². The maximum atomic E-state index is 12.5. The monoisotopic (exact) mass is 454 g/mol. The topological polar surface area (TPSA) is 114 Å². The van der Waals surface area contributed by atoms with Gasteiger partial charge in [0.15, 0.2) is 5.82 Å². The fourth-order valence-electron chi connectivity index (χ4n) is 3.39. The van der Waals surface area contributed by atoms with Gasteiger partial charge in [-0.1, -0.05) is 0 Å². The number of aromatic nitrogens is 4. The molecule has 0 spiro atoms. The van der Waals surface area contributed by atoms with Gasteiger partial charge in [-0.15, -0.1) is 5.10 Å². The molecule has 1 fully saturated rings. The highest BCUT2D eigenvalue weighted by atomic mass is 19.3. The number of aromatic amines is 1. The van der Waals surface area contributed by atoms with Crippen LogP contribution < -0.4 is 14.8 Å². The van der Waals surface area contributed by atoms with Crippen LogP contribution in [-0.2, 0) is 4.74 Å². The summed E-state index contributed by atoms with van der Waals surface area (Å²) in [5.74, 6) is 0.686.